The number of methoxy groups -OCH3 is 1. The van der Waals surface area contributed by atoms with Crippen molar-refractivity contribution in [2.75, 3.05) is 19.0 Å². The van der Waals surface area contributed by atoms with E-state index in [0.29, 0.717) is 11.4 Å². The molecule has 0 spiro atoms. The van der Waals surface area contributed by atoms with Gasteiger partial charge in [-0.05, 0) is 18.2 Å². The number of nitro groups is 1. The lowest BCUT2D eigenvalue weighted by Crippen LogP contribution is -2.44. The summed E-state index contributed by atoms with van der Waals surface area (Å²) in [6.07, 6.45) is 0. The number of carbonyl (C=O) groups excluding carboxylic acids is 2. The molecule has 0 fully saturated rings. The van der Waals surface area contributed by atoms with Crippen LogP contribution in [0, 0.1) is 10.1 Å². The second kappa shape index (κ2) is 8.29. The van der Waals surface area contributed by atoms with Gasteiger partial charge in [-0.15, -0.1) is 0 Å². The summed E-state index contributed by atoms with van der Waals surface area (Å²) in [6.45, 7) is -0.102. The number of ether oxygens (including phenoxy) is 1. The van der Waals surface area contributed by atoms with E-state index in [0.717, 1.165) is 6.07 Å². The second-order valence-electron chi connectivity index (χ2n) is 4.86. The van der Waals surface area contributed by atoms with E-state index in [1.165, 1.54) is 25.3 Å². The van der Waals surface area contributed by atoms with Crippen LogP contribution in [-0.2, 0) is 4.79 Å². The normalized spacial score (nSPS) is 9.80. The fourth-order valence-electron chi connectivity index (χ4n) is 1.97. The van der Waals surface area contributed by atoms with Crippen molar-refractivity contribution in [1.82, 2.24) is 10.9 Å². The Balaban J connectivity index is 1.86. The Morgan fingerprint density at radius 2 is 1.88 bits per heavy atom. The third-order valence-electron chi connectivity index (χ3n) is 3.18. The van der Waals surface area contributed by atoms with Gasteiger partial charge in [0, 0.05) is 17.7 Å². The third-order valence-corrected chi connectivity index (χ3v) is 3.18. The number of hydrogen-bond donors (Lipinski definition) is 3. The van der Waals surface area contributed by atoms with E-state index in [4.69, 9.17) is 4.74 Å². The number of para-hydroxylation sites is 2. The quantitative estimate of drug-likeness (QED) is 0.539. The van der Waals surface area contributed by atoms with E-state index in [-0.39, 0.29) is 17.8 Å². The van der Waals surface area contributed by atoms with Crippen LogP contribution in [0.25, 0.3) is 0 Å². The minimum atomic E-state index is -0.658. The molecule has 0 unspecified atom stereocenters. The zero-order valence-corrected chi connectivity index (χ0v) is 13.3. The highest BCUT2D eigenvalue weighted by molar-refractivity contribution is 5.96. The van der Waals surface area contributed by atoms with Crippen molar-refractivity contribution in [3.05, 3.63) is 64.2 Å². The smallest absolute Gasteiger partial charge is 0.270 e. The predicted octanol–water partition coefficient (Wildman–Crippen LogP) is 1.48. The number of rotatable bonds is 6. The van der Waals surface area contributed by atoms with Gasteiger partial charge in [0.25, 0.3) is 17.5 Å². The van der Waals surface area contributed by atoms with Gasteiger partial charge in [0.05, 0.1) is 24.3 Å². The zero-order chi connectivity index (χ0) is 18.2. The Kier molecular flexibility index (Phi) is 5.88. The average Bonchev–Trinajstić information content (AvgIpc) is 2.64. The van der Waals surface area contributed by atoms with Crippen LogP contribution in [0.5, 0.6) is 5.75 Å². The molecule has 0 radical (unpaired) electrons. The highest BCUT2D eigenvalue weighted by atomic mass is 16.6. The number of non-ortho nitro benzene ring substituents is 1. The predicted molar refractivity (Wildman–Crippen MR) is 90.2 cm³/mol. The summed E-state index contributed by atoms with van der Waals surface area (Å²) in [4.78, 5) is 33.8. The van der Waals surface area contributed by atoms with Crippen molar-refractivity contribution >= 4 is 23.2 Å². The molecule has 130 valence electrons. The van der Waals surface area contributed by atoms with Crippen molar-refractivity contribution in [2.24, 2.45) is 0 Å². The molecule has 9 heteroatoms. The lowest BCUT2D eigenvalue weighted by molar-refractivity contribution is -0.384. The lowest BCUT2D eigenvalue weighted by Gasteiger charge is -2.11. The van der Waals surface area contributed by atoms with Gasteiger partial charge < -0.3 is 10.1 Å². The minimum absolute atomic E-state index is 0.0622. The molecular formula is C16H16N4O5. The fraction of sp³-hybridized carbons (Fsp3) is 0.125. The van der Waals surface area contributed by atoms with Gasteiger partial charge in [0.1, 0.15) is 5.75 Å². The summed E-state index contributed by atoms with van der Waals surface area (Å²) >= 11 is 0. The van der Waals surface area contributed by atoms with E-state index < -0.39 is 16.7 Å². The molecule has 0 aliphatic heterocycles. The van der Waals surface area contributed by atoms with Gasteiger partial charge in [-0.1, -0.05) is 18.2 Å². The molecule has 2 rings (SSSR count). The molecule has 2 aromatic rings. The van der Waals surface area contributed by atoms with Gasteiger partial charge in [0.15, 0.2) is 0 Å². The Hall–Kier alpha value is -3.62. The first-order valence-corrected chi connectivity index (χ1v) is 7.22. The number of amides is 2. The number of benzene rings is 2. The maximum Gasteiger partial charge on any atom is 0.270 e. The molecule has 0 saturated heterocycles. The standard InChI is InChI=1S/C16H16N4O5/c1-25-14-8-3-2-7-13(14)17-10-15(21)18-19-16(22)11-5-4-6-12(9-11)20(23)24/h2-9,17H,10H2,1H3,(H,18,21)(H,19,22). The molecule has 0 aliphatic rings. The fourth-order valence-corrected chi connectivity index (χ4v) is 1.97. The summed E-state index contributed by atoms with van der Waals surface area (Å²) in [6, 6.07) is 12.2. The zero-order valence-electron chi connectivity index (χ0n) is 13.3. The molecule has 0 saturated carbocycles. The van der Waals surface area contributed by atoms with Crippen LogP contribution in [0.4, 0.5) is 11.4 Å². The highest BCUT2D eigenvalue weighted by Gasteiger charge is 2.12. The van der Waals surface area contributed by atoms with Gasteiger partial charge >= 0.3 is 0 Å². The van der Waals surface area contributed by atoms with Crippen LogP contribution in [-0.4, -0.2) is 30.4 Å². The summed E-state index contributed by atoms with van der Waals surface area (Å²) in [7, 11) is 1.51. The first-order chi connectivity index (χ1) is 12.0. The molecule has 0 heterocycles. The van der Waals surface area contributed by atoms with Crippen LogP contribution < -0.4 is 20.9 Å². The van der Waals surface area contributed by atoms with Crippen molar-refractivity contribution in [3.8, 4) is 5.75 Å². The van der Waals surface area contributed by atoms with E-state index in [1.807, 2.05) is 0 Å². The number of nitro benzene ring substituents is 1. The maximum absolute atomic E-state index is 11.9. The lowest BCUT2D eigenvalue weighted by atomic mass is 10.2. The topological polar surface area (TPSA) is 123 Å². The molecule has 2 aromatic carbocycles. The summed E-state index contributed by atoms with van der Waals surface area (Å²) in [5.74, 6) is -0.574. The number of nitrogens with zero attached hydrogens (tertiary/aromatic N) is 1. The van der Waals surface area contributed by atoms with Crippen molar-refractivity contribution in [2.45, 2.75) is 0 Å². The molecular weight excluding hydrogens is 328 g/mol. The van der Waals surface area contributed by atoms with Crippen molar-refractivity contribution in [1.29, 1.82) is 0 Å². The Labute approximate surface area is 143 Å². The molecule has 0 bridgehead atoms. The number of hydrazine groups is 1. The number of hydrogen-bond acceptors (Lipinski definition) is 6. The number of anilines is 1. The summed E-state index contributed by atoms with van der Waals surface area (Å²) in [5, 5.41) is 13.6. The summed E-state index contributed by atoms with van der Waals surface area (Å²) in [5.41, 5.74) is 4.90. The van der Waals surface area contributed by atoms with Crippen molar-refractivity contribution in [3.63, 3.8) is 0 Å². The molecule has 9 nitrogen and oxygen atoms in total. The van der Waals surface area contributed by atoms with E-state index >= 15 is 0 Å². The van der Waals surface area contributed by atoms with Crippen molar-refractivity contribution < 1.29 is 19.2 Å². The monoisotopic (exact) mass is 344 g/mol. The molecule has 25 heavy (non-hydrogen) atoms. The largest absolute Gasteiger partial charge is 0.495 e. The van der Waals surface area contributed by atoms with Crippen LogP contribution in [0.15, 0.2) is 48.5 Å². The Morgan fingerprint density at radius 1 is 1.12 bits per heavy atom. The first-order valence-electron chi connectivity index (χ1n) is 7.22. The molecule has 2 amide bonds. The van der Waals surface area contributed by atoms with Gasteiger partial charge in [0.2, 0.25) is 0 Å². The first kappa shape index (κ1) is 17.7. The van der Waals surface area contributed by atoms with Crippen LogP contribution in [0.1, 0.15) is 10.4 Å². The third kappa shape index (κ3) is 4.93. The average molecular weight is 344 g/mol. The molecule has 0 aromatic heterocycles. The van der Waals surface area contributed by atoms with Gasteiger partial charge in [-0.2, -0.15) is 0 Å². The summed E-state index contributed by atoms with van der Waals surface area (Å²) < 4.78 is 5.15. The Bertz CT molecular complexity index is 794. The molecule has 0 atom stereocenters. The second-order valence-corrected chi connectivity index (χ2v) is 4.86. The van der Waals surface area contributed by atoms with E-state index in [2.05, 4.69) is 16.2 Å². The van der Waals surface area contributed by atoms with Gasteiger partial charge in [-0.3, -0.25) is 30.6 Å². The highest BCUT2D eigenvalue weighted by Crippen LogP contribution is 2.22. The number of carbonyl (C=O) groups is 2. The van der Waals surface area contributed by atoms with Gasteiger partial charge in [-0.25, -0.2) is 0 Å². The maximum atomic E-state index is 11.9. The molecule has 0 aliphatic carbocycles. The minimum Gasteiger partial charge on any atom is -0.495 e. The molecule has 3 N–H and O–H groups in total. The Morgan fingerprint density at radius 3 is 2.60 bits per heavy atom. The number of nitrogens with one attached hydrogen (secondary N) is 3. The SMILES string of the molecule is COc1ccccc1NCC(=O)NNC(=O)c1cccc([N+](=O)[O-])c1. The van der Waals surface area contributed by atoms with Crippen LogP contribution >= 0.6 is 0 Å². The van der Waals surface area contributed by atoms with Crippen LogP contribution in [0.3, 0.4) is 0 Å². The van der Waals surface area contributed by atoms with Crippen LogP contribution in [0.2, 0.25) is 0 Å². The van der Waals surface area contributed by atoms with E-state index in [1.54, 1.807) is 24.3 Å². The van der Waals surface area contributed by atoms with E-state index in [9.17, 15) is 19.7 Å².